The quantitative estimate of drug-likeness (QED) is 0.792. The Morgan fingerprint density at radius 2 is 2.33 bits per heavy atom. The lowest BCUT2D eigenvalue weighted by molar-refractivity contribution is 0.0818. The Hall–Kier alpha value is -1.74. The summed E-state index contributed by atoms with van der Waals surface area (Å²) >= 11 is 1.26. The van der Waals surface area contributed by atoms with Gasteiger partial charge in [0.25, 0.3) is 5.91 Å². The second-order valence-corrected chi connectivity index (χ2v) is 5.37. The number of carbonyl (C=O) groups is 1. The molecule has 0 fully saturated rings. The third-order valence-corrected chi connectivity index (χ3v) is 3.20. The highest BCUT2D eigenvalue weighted by molar-refractivity contribution is 7.18. The van der Waals surface area contributed by atoms with Crippen molar-refractivity contribution in [1.82, 2.24) is 9.88 Å². The molecule has 6 heteroatoms. The number of carbonyl (C=O) groups excluding carboxylic acids is 1. The van der Waals surface area contributed by atoms with Crippen molar-refractivity contribution in [3.63, 3.8) is 0 Å². The number of amides is 1. The highest BCUT2D eigenvalue weighted by atomic mass is 32.1. The van der Waals surface area contributed by atoms with Gasteiger partial charge in [0.05, 0.1) is 6.54 Å². The standard InChI is InChI=1S/C12H18N4OS/c1-5-6-16(4)11(17)9-10(13)15-12(18-9)14-7-8(2)3/h1,8H,6-7,13H2,2-4H3,(H,14,15). The zero-order valence-electron chi connectivity index (χ0n) is 10.9. The molecule has 0 saturated carbocycles. The monoisotopic (exact) mass is 266 g/mol. The number of nitrogen functional groups attached to an aromatic ring is 1. The third-order valence-electron chi connectivity index (χ3n) is 2.18. The minimum Gasteiger partial charge on any atom is -0.382 e. The van der Waals surface area contributed by atoms with E-state index in [1.54, 1.807) is 7.05 Å². The summed E-state index contributed by atoms with van der Waals surface area (Å²) in [5.41, 5.74) is 5.74. The van der Waals surface area contributed by atoms with Crippen molar-refractivity contribution in [2.24, 2.45) is 5.92 Å². The lowest BCUT2D eigenvalue weighted by atomic mass is 10.2. The van der Waals surface area contributed by atoms with Crippen molar-refractivity contribution >= 4 is 28.2 Å². The Morgan fingerprint density at radius 3 is 2.89 bits per heavy atom. The predicted molar refractivity (Wildman–Crippen MR) is 75.6 cm³/mol. The molecule has 0 bridgehead atoms. The van der Waals surface area contributed by atoms with Crippen LogP contribution >= 0.6 is 11.3 Å². The van der Waals surface area contributed by atoms with Crippen LogP contribution in [0.3, 0.4) is 0 Å². The second-order valence-electron chi connectivity index (χ2n) is 4.37. The fraction of sp³-hybridized carbons (Fsp3) is 0.500. The van der Waals surface area contributed by atoms with Gasteiger partial charge in [0.1, 0.15) is 10.7 Å². The summed E-state index contributed by atoms with van der Waals surface area (Å²) in [4.78, 5) is 18.0. The van der Waals surface area contributed by atoms with Crippen LogP contribution in [-0.4, -0.2) is 35.9 Å². The fourth-order valence-corrected chi connectivity index (χ4v) is 2.12. The molecule has 0 aliphatic carbocycles. The summed E-state index contributed by atoms with van der Waals surface area (Å²) < 4.78 is 0. The minimum atomic E-state index is -0.194. The van der Waals surface area contributed by atoms with Crippen molar-refractivity contribution in [3.8, 4) is 12.3 Å². The Kier molecular flexibility index (Phi) is 4.98. The smallest absolute Gasteiger partial charge is 0.268 e. The van der Waals surface area contributed by atoms with Gasteiger partial charge in [0.2, 0.25) is 0 Å². The maximum atomic E-state index is 12.0. The van der Waals surface area contributed by atoms with E-state index in [0.717, 1.165) is 6.54 Å². The fourth-order valence-electron chi connectivity index (χ4n) is 1.23. The molecule has 1 amide bonds. The van der Waals surface area contributed by atoms with Gasteiger partial charge in [-0.25, -0.2) is 4.98 Å². The van der Waals surface area contributed by atoms with Crippen LogP contribution in [0.4, 0.5) is 10.9 Å². The number of nitrogens with one attached hydrogen (secondary N) is 1. The molecule has 0 unspecified atom stereocenters. The van der Waals surface area contributed by atoms with Crippen LogP contribution < -0.4 is 11.1 Å². The lowest BCUT2D eigenvalue weighted by Gasteiger charge is -2.12. The maximum Gasteiger partial charge on any atom is 0.268 e. The van der Waals surface area contributed by atoms with Crippen LogP contribution in [0.1, 0.15) is 23.5 Å². The lowest BCUT2D eigenvalue weighted by Crippen LogP contribution is -2.26. The van der Waals surface area contributed by atoms with Gasteiger partial charge in [-0.15, -0.1) is 6.42 Å². The topological polar surface area (TPSA) is 71.2 Å². The van der Waals surface area contributed by atoms with Crippen molar-refractivity contribution in [3.05, 3.63) is 4.88 Å². The third kappa shape index (κ3) is 3.64. The van der Waals surface area contributed by atoms with Crippen LogP contribution in [0.25, 0.3) is 0 Å². The molecule has 5 nitrogen and oxygen atoms in total. The zero-order chi connectivity index (χ0) is 13.7. The van der Waals surface area contributed by atoms with Crippen molar-refractivity contribution < 1.29 is 4.79 Å². The summed E-state index contributed by atoms with van der Waals surface area (Å²) in [6.45, 7) is 5.24. The highest BCUT2D eigenvalue weighted by Gasteiger charge is 2.19. The molecule has 0 saturated heterocycles. The summed E-state index contributed by atoms with van der Waals surface area (Å²) in [5, 5.41) is 3.81. The first-order chi connectivity index (χ1) is 8.45. The van der Waals surface area contributed by atoms with E-state index in [0.29, 0.717) is 15.9 Å². The van der Waals surface area contributed by atoms with Crippen LogP contribution in [0.5, 0.6) is 0 Å². The molecule has 0 spiro atoms. The zero-order valence-corrected chi connectivity index (χ0v) is 11.7. The Balaban J connectivity index is 2.78. The molecule has 0 aliphatic heterocycles. The van der Waals surface area contributed by atoms with Gasteiger partial charge in [-0.2, -0.15) is 0 Å². The van der Waals surface area contributed by atoms with Crippen molar-refractivity contribution in [2.75, 3.05) is 31.2 Å². The summed E-state index contributed by atoms with van der Waals surface area (Å²) in [6, 6.07) is 0. The molecule has 0 aromatic carbocycles. The summed E-state index contributed by atoms with van der Waals surface area (Å²) in [6.07, 6.45) is 5.17. The van der Waals surface area contributed by atoms with E-state index >= 15 is 0 Å². The maximum absolute atomic E-state index is 12.0. The molecule has 1 rings (SSSR count). The van der Waals surface area contributed by atoms with E-state index in [9.17, 15) is 4.79 Å². The first kappa shape index (κ1) is 14.3. The van der Waals surface area contributed by atoms with E-state index in [-0.39, 0.29) is 18.3 Å². The van der Waals surface area contributed by atoms with Gasteiger partial charge in [-0.05, 0) is 5.92 Å². The number of hydrogen-bond donors (Lipinski definition) is 2. The first-order valence-corrected chi connectivity index (χ1v) is 6.46. The number of nitrogens with zero attached hydrogens (tertiary/aromatic N) is 2. The molecule has 0 radical (unpaired) electrons. The number of aromatic nitrogens is 1. The first-order valence-electron chi connectivity index (χ1n) is 5.64. The van der Waals surface area contributed by atoms with Gasteiger partial charge >= 0.3 is 0 Å². The van der Waals surface area contributed by atoms with E-state index in [4.69, 9.17) is 12.2 Å². The van der Waals surface area contributed by atoms with Crippen LogP contribution in [0.2, 0.25) is 0 Å². The Morgan fingerprint density at radius 1 is 1.67 bits per heavy atom. The molecular weight excluding hydrogens is 248 g/mol. The molecular formula is C12H18N4OS. The van der Waals surface area contributed by atoms with E-state index in [1.165, 1.54) is 16.2 Å². The number of anilines is 2. The molecule has 98 valence electrons. The number of terminal acetylenes is 1. The van der Waals surface area contributed by atoms with E-state index < -0.39 is 0 Å². The number of hydrogen-bond acceptors (Lipinski definition) is 5. The van der Waals surface area contributed by atoms with Gasteiger partial charge in [0.15, 0.2) is 5.13 Å². The molecule has 1 heterocycles. The predicted octanol–water partition coefficient (Wildman–Crippen LogP) is 1.50. The van der Waals surface area contributed by atoms with E-state index in [1.807, 2.05) is 0 Å². The van der Waals surface area contributed by atoms with Gasteiger partial charge in [-0.1, -0.05) is 31.1 Å². The molecule has 1 aromatic heterocycles. The molecule has 0 aliphatic rings. The molecule has 3 N–H and O–H groups in total. The van der Waals surface area contributed by atoms with Crippen molar-refractivity contribution in [1.29, 1.82) is 0 Å². The van der Waals surface area contributed by atoms with Crippen LogP contribution in [0, 0.1) is 18.3 Å². The Labute approximate surface area is 111 Å². The minimum absolute atomic E-state index is 0.194. The summed E-state index contributed by atoms with van der Waals surface area (Å²) in [5.74, 6) is 2.97. The van der Waals surface area contributed by atoms with Crippen LogP contribution in [0.15, 0.2) is 0 Å². The van der Waals surface area contributed by atoms with E-state index in [2.05, 4.69) is 30.1 Å². The van der Waals surface area contributed by atoms with Crippen LogP contribution in [-0.2, 0) is 0 Å². The normalized spacial score (nSPS) is 10.2. The van der Waals surface area contributed by atoms with Crippen molar-refractivity contribution in [2.45, 2.75) is 13.8 Å². The molecule has 0 atom stereocenters. The summed E-state index contributed by atoms with van der Waals surface area (Å²) in [7, 11) is 1.64. The number of thiazole rings is 1. The Bertz CT molecular complexity index is 461. The van der Waals surface area contributed by atoms with Gasteiger partial charge in [0, 0.05) is 13.6 Å². The number of nitrogens with two attached hydrogens (primary N) is 1. The second kappa shape index (κ2) is 6.26. The highest BCUT2D eigenvalue weighted by Crippen LogP contribution is 2.26. The number of rotatable bonds is 5. The average Bonchev–Trinajstić information content (AvgIpc) is 2.67. The average molecular weight is 266 g/mol. The molecule has 18 heavy (non-hydrogen) atoms. The van der Waals surface area contributed by atoms with Gasteiger partial charge in [-0.3, -0.25) is 4.79 Å². The largest absolute Gasteiger partial charge is 0.382 e. The molecule has 1 aromatic rings. The van der Waals surface area contributed by atoms with Gasteiger partial charge < -0.3 is 16.0 Å². The SMILES string of the molecule is C#CCN(C)C(=O)c1sc(NCC(C)C)nc1N.